The van der Waals surface area contributed by atoms with Crippen LogP contribution in [0.2, 0.25) is 0 Å². The summed E-state index contributed by atoms with van der Waals surface area (Å²) >= 11 is 1.36. The van der Waals surface area contributed by atoms with E-state index in [0.29, 0.717) is 10.8 Å². The SMILES string of the molecule is CCCc1ccc(-c2cccc3[cH-]c(CC45CCC(CC4)C5)cc23)cc1.CCCc1ccc(-c2cccc3[cH-]c(CC45CCC(CC4)C5)cc23)cc1.Cl.Cl.[CH2-]CC(F)(F)F.[CH3-].[Si]=[Zr]. The summed E-state index contributed by atoms with van der Waals surface area (Å²) in [6.07, 6.45) is 17.1. The van der Waals surface area contributed by atoms with Crippen molar-refractivity contribution in [3.63, 3.8) is 0 Å². The van der Waals surface area contributed by atoms with E-state index in [9.17, 15) is 13.2 Å². The van der Waals surface area contributed by atoms with Gasteiger partial charge in [0.25, 0.3) is 0 Å². The molecule has 0 amide bonds. The van der Waals surface area contributed by atoms with E-state index in [-0.39, 0.29) is 32.2 Å². The molecule has 4 bridgehead atoms. The predicted octanol–water partition coefficient (Wildman–Crippen LogP) is 17.3. The molecular formula is C56H67Cl2F3SiZr-4. The van der Waals surface area contributed by atoms with Crippen LogP contribution < -0.4 is 0 Å². The molecular weight excluding hydrogens is 920 g/mol. The molecule has 7 heteroatoms. The number of alkyl halides is 3. The van der Waals surface area contributed by atoms with E-state index >= 15 is 0 Å². The first kappa shape index (κ1) is 53.2. The van der Waals surface area contributed by atoms with Crippen molar-refractivity contribution in [2.45, 2.75) is 129 Å². The normalized spacial score (nSPS) is 21.5. The van der Waals surface area contributed by atoms with Gasteiger partial charge in [0.15, 0.2) is 0 Å². The number of hydrogen-bond donors (Lipinski definition) is 0. The van der Waals surface area contributed by atoms with Gasteiger partial charge in [-0.2, -0.15) is 25.3 Å². The number of halogens is 5. The van der Waals surface area contributed by atoms with Gasteiger partial charge >= 0.3 is 36.4 Å². The monoisotopic (exact) mass is 984 g/mol. The second-order valence-corrected chi connectivity index (χ2v) is 18.8. The molecule has 4 fully saturated rings. The van der Waals surface area contributed by atoms with Crippen molar-refractivity contribution in [2.75, 3.05) is 0 Å². The van der Waals surface area contributed by atoms with Crippen LogP contribution >= 0.6 is 24.8 Å². The average molecular weight is 987 g/mol. The Morgan fingerprint density at radius 2 is 0.968 bits per heavy atom. The van der Waals surface area contributed by atoms with Crippen molar-refractivity contribution in [3.05, 3.63) is 146 Å². The van der Waals surface area contributed by atoms with E-state index in [2.05, 4.69) is 137 Å². The molecule has 4 aliphatic carbocycles. The van der Waals surface area contributed by atoms with Gasteiger partial charge in [0.1, 0.15) is 0 Å². The number of fused-ring (bicyclic) bond motifs is 6. The van der Waals surface area contributed by atoms with Crippen molar-refractivity contribution in [1.82, 2.24) is 0 Å². The maximum absolute atomic E-state index is 10.7. The second-order valence-electron chi connectivity index (χ2n) is 18.8. The maximum atomic E-state index is 10.7. The molecule has 0 N–H and O–H groups in total. The summed E-state index contributed by atoms with van der Waals surface area (Å²) in [5, 5.41) is 5.71. The van der Waals surface area contributed by atoms with Crippen LogP contribution in [0.5, 0.6) is 0 Å². The average Bonchev–Trinajstić information content (AvgIpc) is 4.14. The van der Waals surface area contributed by atoms with E-state index < -0.39 is 12.6 Å². The Kier molecular flexibility index (Phi) is 20.1. The summed E-state index contributed by atoms with van der Waals surface area (Å²) < 4.78 is 32.2. The molecule has 4 aliphatic rings. The zero-order valence-electron chi connectivity index (χ0n) is 37.7. The molecule has 0 heterocycles. The third-order valence-corrected chi connectivity index (χ3v) is 14.4. The topological polar surface area (TPSA) is 0 Å². The first-order chi connectivity index (χ1) is 29.1. The van der Waals surface area contributed by atoms with Gasteiger partial charge in [-0.05, 0) is 135 Å². The van der Waals surface area contributed by atoms with Crippen LogP contribution in [-0.2, 0) is 49.0 Å². The van der Waals surface area contributed by atoms with Gasteiger partial charge in [0.05, 0.1) is 0 Å². The Balaban J connectivity index is 0.000000228. The number of benzene rings is 4. The van der Waals surface area contributed by atoms with Crippen molar-refractivity contribution in [2.24, 2.45) is 22.7 Å². The van der Waals surface area contributed by atoms with E-state index in [0.717, 1.165) is 11.8 Å². The van der Waals surface area contributed by atoms with Gasteiger partial charge < -0.3 is 14.4 Å². The first-order valence-corrected chi connectivity index (χ1v) is 26.9. The molecule has 338 valence electrons. The second kappa shape index (κ2) is 23.8. The first-order valence-electron chi connectivity index (χ1n) is 22.7. The van der Waals surface area contributed by atoms with E-state index in [4.69, 9.17) is 0 Å². The molecule has 0 saturated heterocycles. The Morgan fingerprint density at radius 1 is 0.619 bits per heavy atom. The molecule has 4 saturated carbocycles. The van der Waals surface area contributed by atoms with Gasteiger partial charge in [0.2, 0.25) is 0 Å². The van der Waals surface area contributed by atoms with E-state index in [1.807, 2.05) is 0 Å². The molecule has 0 spiro atoms. The Morgan fingerprint density at radius 3 is 1.25 bits per heavy atom. The molecule has 63 heavy (non-hydrogen) atoms. The van der Waals surface area contributed by atoms with Crippen LogP contribution in [0, 0.1) is 37.0 Å². The number of aryl methyl sites for hydroxylation is 2. The summed E-state index contributed by atoms with van der Waals surface area (Å²) in [5.74, 6) is 2.08. The van der Waals surface area contributed by atoms with Crippen LogP contribution in [0.3, 0.4) is 0 Å². The molecule has 2 radical (unpaired) electrons. The van der Waals surface area contributed by atoms with Crippen LogP contribution in [0.1, 0.15) is 120 Å². The molecule has 10 rings (SSSR count). The fourth-order valence-electron chi connectivity index (χ4n) is 11.6. The summed E-state index contributed by atoms with van der Waals surface area (Å²) in [7, 11) is 0. The van der Waals surface area contributed by atoms with Gasteiger partial charge in [0, 0.05) is 0 Å². The van der Waals surface area contributed by atoms with Gasteiger partial charge in [-0.3, -0.25) is 0 Å². The van der Waals surface area contributed by atoms with Crippen LogP contribution in [0.25, 0.3) is 43.8 Å². The van der Waals surface area contributed by atoms with E-state index in [1.54, 1.807) is 11.1 Å². The molecule has 0 unspecified atom stereocenters. The molecule has 0 aromatic heterocycles. The quantitative estimate of drug-likeness (QED) is 0.0948. The summed E-state index contributed by atoms with van der Waals surface area (Å²) in [5.41, 5.74) is 12.8. The number of hydrogen-bond acceptors (Lipinski definition) is 0. The van der Waals surface area contributed by atoms with Gasteiger partial charge in [-0.25, -0.2) is 0 Å². The zero-order chi connectivity index (χ0) is 42.3. The Hall–Kier alpha value is -2.43. The summed E-state index contributed by atoms with van der Waals surface area (Å²) in [6, 6.07) is 42.0. The van der Waals surface area contributed by atoms with Crippen molar-refractivity contribution in [3.8, 4) is 22.3 Å². The Labute approximate surface area is 406 Å². The summed E-state index contributed by atoms with van der Waals surface area (Å²) in [4.78, 5) is 0. The molecule has 0 atom stereocenters. The Bertz CT molecular complexity index is 2130. The zero-order valence-corrected chi connectivity index (χ0v) is 42.8. The third kappa shape index (κ3) is 13.1. The minimum atomic E-state index is -4.07. The summed E-state index contributed by atoms with van der Waals surface area (Å²) in [6.45, 7) is 10.2. The molecule has 6 aromatic rings. The molecule has 0 aliphatic heterocycles. The third-order valence-electron chi connectivity index (χ3n) is 14.4. The fraction of sp³-hybridized carbons (Fsp3) is 0.429. The van der Waals surface area contributed by atoms with Gasteiger partial charge in [-0.1, -0.05) is 105 Å². The fourth-order valence-corrected chi connectivity index (χ4v) is 11.6. The van der Waals surface area contributed by atoms with Crippen LogP contribution in [-0.4, -0.2) is 13.1 Å². The predicted molar refractivity (Wildman–Crippen MR) is 266 cm³/mol. The van der Waals surface area contributed by atoms with Crippen LogP contribution in [0.15, 0.2) is 109 Å². The number of rotatable bonds is 10. The van der Waals surface area contributed by atoms with Crippen molar-refractivity contribution < 1.29 is 36.5 Å². The molecule has 6 aromatic carbocycles. The van der Waals surface area contributed by atoms with Crippen molar-refractivity contribution >= 4 is 53.2 Å². The van der Waals surface area contributed by atoms with Gasteiger partial charge in [-0.15, -0.1) is 93.9 Å². The standard InChI is InChI=1S/2C26H29.C3H4F3.CH3.2ClH.Si.Zr/c2*1-2-4-19-7-9-22(10-8-19)24-6-3-5-23-15-21(16-25(23)24)18-26-13-11-20(17-26)12-14-26;1-2-3(4,5)6;;;;;/h2*3,5-10,15-16,20H,2,4,11-14,17-18H2,1H3;1-2H2;1H3;2*1H;;/q4*-1;;;;. The van der Waals surface area contributed by atoms with Crippen molar-refractivity contribution in [1.29, 1.82) is 0 Å². The molecule has 0 nitrogen and oxygen atoms in total. The van der Waals surface area contributed by atoms with E-state index in [1.165, 1.54) is 181 Å². The van der Waals surface area contributed by atoms with Crippen LogP contribution in [0.4, 0.5) is 13.2 Å². The minimum absolute atomic E-state index is 0.